The molecular weight excluding hydrogens is 188 g/mol. The molecule has 0 amide bonds. The Balaban J connectivity index is 2.62. The maximum absolute atomic E-state index is 11.0. The van der Waals surface area contributed by atoms with Crippen molar-refractivity contribution in [3.63, 3.8) is 0 Å². The SMILES string of the molecule is CC(=O)Cn1ccc2c(C#N)cccc21. The van der Waals surface area contributed by atoms with E-state index in [9.17, 15) is 4.79 Å². The number of Topliss-reactive ketones (excluding diaryl/α,β-unsaturated/α-hetero) is 1. The molecule has 0 radical (unpaired) electrons. The number of benzene rings is 1. The summed E-state index contributed by atoms with van der Waals surface area (Å²) in [5, 5.41) is 9.80. The lowest BCUT2D eigenvalue weighted by Crippen LogP contribution is -2.04. The monoisotopic (exact) mass is 198 g/mol. The van der Waals surface area contributed by atoms with Crippen molar-refractivity contribution in [1.82, 2.24) is 4.57 Å². The molecule has 3 heteroatoms. The third-order valence-corrected chi connectivity index (χ3v) is 2.33. The second kappa shape index (κ2) is 3.58. The largest absolute Gasteiger partial charge is 0.340 e. The summed E-state index contributed by atoms with van der Waals surface area (Å²) >= 11 is 0. The molecule has 0 atom stereocenters. The van der Waals surface area contributed by atoms with Gasteiger partial charge in [-0.3, -0.25) is 4.79 Å². The smallest absolute Gasteiger partial charge is 0.149 e. The minimum absolute atomic E-state index is 0.106. The number of ketones is 1. The van der Waals surface area contributed by atoms with E-state index in [1.807, 2.05) is 29.0 Å². The summed E-state index contributed by atoms with van der Waals surface area (Å²) in [5.74, 6) is 0.106. The lowest BCUT2D eigenvalue weighted by Gasteiger charge is -2.01. The molecule has 0 N–H and O–H groups in total. The second-order valence-corrected chi connectivity index (χ2v) is 3.50. The molecule has 0 spiro atoms. The van der Waals surface area contributed by atoms with Crippen LogP contribution in [0.1, 0.15) is 12.5 Å². The molecule has 0 saturated heterocycles. The first-order valence-electron chi connectivity index (χ1n) is 4.70. The molecule has 0 fully saturated rings. The Morgan fingerprint density at radius 1 is 1.47 bits per heavy atom. The maximum Gasteiger partial charge on any atom is 0.149 e. The molecule has 0 unspecified atom stereocenters. The zero-order valence-electron chi connectivity index (χ0n) is 8.40. The fourth-order valence-corrected chi connectivity index (χ4v) is 1.70. The molecule has 0 aliphatic heterocycles. The van der Waals surface area contributed by atoms with E-state index in [1.54, 1.807) is 13.0 Å². The Hall–Kier alpha value is -2.08. The number of carbonyl (C=O) groups excluding carboxylic acids is 1. The van der Waals surface area contributed by atoms with Crippen LogP contribution in [0.3, 0.4) is 0 Å². The highest BCUT2D eigenvalue weighted by Gasteiger charge is 2.05. The van der Waals surface area contributed by atoms with Gasteiger partial charge in [0, 0.05) is 17.1 Å². The van der Waals surface area contributed by atoms with Gasteiger partial charge < -0.3 is 4.57 Å². The number of aromatic nitrogens is 1. The molecule has 0 aliphatic rings. The van der Waals surface area contributed by atoms with Crippen LogP contribution < -0.4 is 0 Å². The van der Waals surface area contributed by atoms with Gasteiger partial charge in [0.2, 0.25) is 0 Å². The molecule has 2 rings (SSSR count). The van der Waals surface area contributed by atoms with Gasteiger partial charge in [-0.05, 0) is 25.1 Å². The van der Waals surface area contributed by atoms with Crippen molar-refractivity contribution in [3.8, 4) is 6.07 Å². The van der Waals surface area contributed by atoms with Crippen LogP contribution in [0, 0.1) is 11.3 Å². The summed E-state index contributed by atoms with van der Waals surface area (Å²) in [6.45, 7) is 1.92. The maximum atomic E-state index is 11.0. The average molecular weight is 198 g/mol. The Morgan fingerprint density at radius 3 is 2.93 bits per heavy atom. The molecule has 74 valence electrons. The van der Waals surface area contributed by atoms with Gasteiger partial charge in [0.25, 0.3) is 0 Å². The van der Waals surface area contributed by atoms with Crippen LogP contribution in [0.4, 0.5) is 0 Å². The highest BCUT2D eigenvalue weighted by atomic mass is 16.1. The van der Waals surface area contributed by atoms with E-state index in [4.69, 9.17) is 5.26 Å². The van der Waals surface area contributed by atoms with Crippen molar-refractivity contribution in [3.05, 3.63) is 36.0 Å². The van der Waals surface area contributed by atoms with E-state index in [-0.39, 0.29) is 5.78 Å². The van der Waals surface area contributed by atoms with Crippen LogP contribution in [0.25, 0.3) is 10.9 Å². The number of hydrogen-bond donors (Lipinski definition) is 0. The highest BCUT2D eigenvalue weighted by Crippen LogP contribution is 2.19. The third kappa shape index (κ3) is 1.62. The first kappa shape index (κ1) is 9.47. The van der Waals surface area contributed by atoms with Crippen molar-refractivity contribution >= 4 is 16.7 Å². The van der Waals surface area contributed by atoms with Crippen molar-refractivity contribution < 1.29 is 4.79 Å². The third-order valence-electron chi connectivity index (χ3n) is 2.33. The number of fused-ring (bicyclic) bond motifs is 1. The van der Waals surface area contributed by atoms with Crippen molar-refractivity contribution in [2.75, 3.05) is 0 Å². The Labute approximate surface area is 87.5 Å². The summed E-state index contributed by atoms with van der Waals surface area (Å²) in [5.41, 5.74) is 1.58. The van der Waals surface area contributed by atoms with Crippen molar-refractivity contribution in [1.29, 1.82) is 5.26 Å². The molecule has 1 aromatic heterocycles. The number of nitrogens with zero attached hydrogens (tertiary/aromatic N) is 2. The normalized spacial score (nSPS) is 10.1. The molecule has 2 aromatic rings. The van der Waals surface area contributed by atoms with E-state index >= 15 is 0 Å². The number of carbonyl (C=O) groups is 1. The molecule has 1 aromatic carbocycles. The van der Waals surface area contributed by atoms with E-state index in [2.05, 4.69) is 6.07 Å². The van der Waals surface area contributed by atoms with E-state index in [0.29, 0.717) is 12.1 Å². The predicted octanol–water partition coefficient (Wildman–Crippen LogP) is 2.10. The van der Waals surface area contributed by atoms with Crippen LogP contribution in [0.2, 0.25) is 0 Å². The van der Waals surface area contributed by atoms with Crippen molar-refractivity contribution in [2.24, 2.45) is 0 Å². The van der Waals surface area contributed by atoms with Gasteiger partial charge in [0.05, 0.1) is 18.2 Å². The Morgan fingerprint density at radius 2 is 2.27 bits per heavy atom. The summed E-state index contributed by atoms with van der Waals surface area (Å²) < 4.78 is 1.86. The summed E-state index contributed by atoms with van der Waals surface area (Å²) in [7, 11) is 0. The summed E-state index contributed by atoms with van der Waals surface area (Å²) in [6.07, 6.45) is 1.84. The summed E-state index contributed by atoms with van der Waals surface area (Å²) in [6, 6.07) is 9.54. The van der Waals surface area contributed by atoms with E-state index < -0.39 is 0 Å². The van der Waals surface area contributed by atoms with Gasteiger partial charge >= 0.3 is 0 Å². The molecule has 1 heterocycles. The van der Waals surface area contributed by atoms with E-state index in [0.717, 1.165) is 10.9 Å². The lowest BCUT2D eigenvalue weighted by molar-refractivity contribution is -0.117. The van der Waals surface area contributed by atoms with Crippen LogP contribution >= 0.6 is 0 Å². The van der Waals surface area contributed by atoms with Crippen molar-refractivity contribution in [2.45, 2.75) is 13.5 Å². The standard InChI is InChI=1S/C12H10N2O/c1-9(15)8-14-6-5-11-10(7-13)3-2-4-12(11)14/h2-6H,8H2,1H3. The number of rotatable bonds is 2. The minimum atomic E-state index is 0.106. The Bertz CT molecular complexity index is 560. The molecule has 15 heavy (non-hydrogen) atoms. The average Bonchev–Trinajstić information content (AvgIpc) is 2.61. The molecule has 0 bridgehead atoms. The lowest BCUT2D eigenvalue weighted by atomic mass is 10.1. The fourth-order valence-electron chi connectivity index (χ4n) is 1.70. The van der Waals surface area contributed by atoms with Gasteiger partial charge in [-0.15, -0.1) is 0 Å². The second-order valence-electron chi connectivity index (χ2n) is 3.50. The minimum Gasteiger partial charge on any atom is -0.340 e. The first-order valence-corrected chi connectivity index (χ1v) is 4.70. The quantitative estimate of drug-likeness (QED) is 0.741. The van der Waals surface area contributed by atoms with Crippen LogP contribution in [0.5, 0.6) is 0 Å². The van der Waals surface area contributed by atoms with E-state index in [1.165, 1.54) is 0 Å². The predicted molar refractivity (Wildman–Crippen MR) is 57.3 cm³/mol. The number of nitriles is 1. The fraction of sp³-hybridized carbons (Fsp3) is 0.167. The first-order chi connectivity index (χ1) is 7.22. The van der Waals surface area contributed by atoms with Crippen LogP contribution in [-0.2, 0) is 11.3 Å². The van der Waals surface area contributed by atoms with Gasteiger partial charge in [0.1, 0.15) is 5.78 Å². The van der Waals surface area contributed by atoms with Crippen LogP contribution in [-0.4, -0.2) is 10.4 Å². The summed E-state index contributed by atoms with van der Waals surface area (Å²) in [4.78, 5) is 11.0. The van der Waals surface area contributed by atoms with Gasteiger partial charge in [-0.1, -0.05) is 6.07 Å². The molecule has 0 saturated carbocycles. The molecule has 3 nitrogen and oxygen atoms in total. The topological polar surface area (TPSA) is 45.8 Å². The zero-order chi connectivity index (χ0) is 10.8. The van der Waals surface area contributed by atoms with Gasteiger partial charge in [-0.25, -0.2) is 0 Å². The highest BCUT2D eigenvalue weighted by molar-refractivity contribution is 5.87. The molecular formula is C12H10N2O. The molecule has 0 aliphatic carbocycles. The zero-order valence-corrected chi connectivity index (χ0v) is 8.40. The van der Waals surface area contributed by atoms with Crippen LogP contribution in [0.15, 0.2) is 30.5 Å². The number of hydrogen-bond acceptors (Lipinski definition) is 2. The van der Waals surface area contributed by atoms with Gasteiger partial charge in [-0.2, -0.15) is 5.26 Å². The van der Waals surface area contributed by atoms with Gasteiger partial charge in [0.15, 0.2) is 0 Å². The Kier molecular flexibility index (Phi) is 2.26.